The highest BCUT2D eigenvalue weighted by molar-refractivity contribution is 9.09. The quantitative estimate of drug-likeness (QED) is 0.552. The highest BCUT2D eigenvalue weighted by atomic mass is 79.9. The Bertz CT molecular complexity index is 301. The lowest BCUT2D eigenvalue weighted by molar-refractivity contribution is 0.427. The molecule has 1 unspecified atom stereocenters. The van der Waals surface area contributed by atoms with Gasteiger partial charge in [0.2, 0.25) is 0 Å². The van der Waals surface area contributed by atoms with Gasteiger partial charge in [0.1, 0.15) is 0 Å². The molecule has 96 valence electrons. The van der Waals surface area contributed by atoms with E-state index < -0.39 is 0 Å². The molecule has 0 radical (unpaired) electrons. The standard InChI is InChI=1S/C15H22BrCl/c1-3-5-13(6-4-2)15(16)11-12-7-9-14(17)10-8-12/h7-10,13,15H,3-6,11H2,1-2H3. The van der Waals surface area contributed by atoms with Gasteiger partial charge in [-0.25, -0.2) is 0 Å². The normalized spacial score (nSPS) is 13.0. The molecule has 0 saturated heterocycles. The third-order valence-electron chi connectivity index (χ3n) is 3.17. The monoisotopic (exact) mass is 316 g/mol. The maximum absolute atomic E-state index is 5.90. The van der Waals surface area contributed by atoms with Crippen LogP contribution in [-0.2, 0) is 6.42 Å². The molecule has 1 aromatic carbocycles. The molecule has 17 heavy (non-hydrogen) atoms. The summed E-state index contributed by atoms with van der Waals surface area (Å²) in [5.41, 5.74) is 1.37. The highest BCUT2D eigenvalue weighted by Crippen LogP contribution is 2.27. The van der Waals surface area contributed by atoms with E-state index in [-0.39, 0.29) is 0 Å². The molecule has 0 spiro atoms. The van der Waals surface area contributed by atoms with Crippen LogP contribution in [0.4, 0.5) is 0 Å². The topological polar surface area (TPSA) is 0 Å². The number of halogens is 2. The molecule has 0 nitrogen and oxygen atoms in total. The van der Waals surface area contributed by atoms with Gasteiger partial charge in [0, 0.05) is 9.85 Å². The van der Waals surface area contributed by atoms with Gasteiger partial charge in [-0.15, -0.1) is 0 Å². The van der Waals surface area contributed by atoms with Crippen LogP contribution in [0, 0.1) is 5.92 Å². The second-order valence-corrected chi connectivity index (χ2v) is 6.30. The summed E-state index contributed by atoms with van der Waals surface area (Å²) in [6, 6.07) is 8.22. The molecule has 0 fully saturated rings. The minimum Gasteiger partial charge on any atom is -0.0884 e. The molecule has 0 saturated carbocycles. The van der Waals surface area contributed by atoms with Crippen molar-refractivity contribution in [2.75, 3.05) is 0 Å². The second kappa shape index (κ2) is 8.16. The number of benzene rings is 1. The van der Waals surface area contributed by atoms with Crippen molar-refractivity contribution in [2.24, 2.45) is 5.92 Å². The molecule has 0 aliphatic rings. The average Bonchev–Trinajstić information content (AvgIpc) is 2.32. The molecule has 0 amide bonds. The van der Waals surface area contributed by atoms with Crippen LogP contribution in [0.1, 0.15) is 45.1 Å². The third kappa shape index (κ3) is 5.44. The molecule has 0 aliphatic carbocycles. The van der Waals surface area contributed by atoms with Crippen molar-refractivity contribution in [3.8, 4) is 0 Å². The summed E-state index contributed by atoms with van der Waals surface area (Å²) < 4.78 is 0. The molecule has 0 N–H and O–H groups in total. The lowest BCUT2D eigenvalue weighted by atomic mass is 9.91. The van der Waals surface area contributed by atoms with Crippen LogP contribution in [0.5, 0.6) is 0 Å². The summed E-state index contributed by atoms with van der Waals surface area (Å²) in [4.78, 5) is 0.587. The molecule has 2 heteroatoms. The fraction of sp³-hybridized carbons (Fsp3) is 0.600. The zero-order chi connectivity index (χ0) is 12.7. The second-order valence-electron chi connectivity index (χ2n) is 4.68. The van der Waals surface area contributed by atoms with E-state index in [1.165, 1.54) is 31.2 Å². The van der Waals surface area contributed by atoms with Crippen LogP contribution in [0.25, 0.3) is 0 Å². The van der Waals surface area contributed by atoms with E-state index in [2.05, 4.69) is 41.9 Å². The minimum atomic E-state index is 0.587. The Kier molecular flexibility index (Phi) is 7.22. The summed E-state index contributed by atoms with van der Waals surface area (Å²) in [5.74, 6) is 0.792. The molecule has 1 aromatic rings. The number of hydrogen-bond acceptors (Lipinski definition) is 0. The predicted octanol–water partition coefficient (Wildman–Crippen LogP) is 5.86. The van der Waals surface area contributed by atoms with E-state index in [4.69, 9.17) is 11.6 Å². The summed E-state index contributed by atoms with van der Waals surface area (Å²) in [7, 11) is 0. The van der Waals surface area contributed by atoms with Crippen LogP contribution in [-0.4, -0.2) is 4.83 Å². The maximum atomic E-state index is 5.90. The summed E-state index contributed by atoms with van der Waals surface area (Å²) in [5, 5.41) is 0.818. The Labute approximate surface area is 119 Å². The van der Waals surface area contributed by atoms with Gasteiger partial charge >= 0.3 is 0 Å². The highest BCUT2D eigenvalue weighted by Gasteiger charge is 2.17. The number of hydrogen-bond donors (Lipinski definition) is 0. The van der Waals surface area contributed by atoms with Gasteiger partial charge in [0.15, 0.2) is 0 Å². The van der Waals surface area contributed by atoms with Crippen molar-refractivity contribution in [3.05, 3.63) is 34.9 Å². The van der Waals surface area contributed by atoms with Crippen LogP contribution in [0.15, 0.2) is 24.3 Å². The molecular formula is C15H22BrCl. The molecule has 0 bridgehead atoms. The van der Waals surface area contributed by atoms with Crippen molar-refractivity contribution < 1.29 is 0 Å². The van der Waals surface area contributed by atoms with Crippen molar-refractivity contribution >= 4 is 27.5 Å². The van der Waals surface area contributed by atoms with Gasteiger partial charge in [-0.3, -0.25) is 0 Å². The summed E-state index contributed by atoms with van der Waals surface area (Å²) in [6.45, 7) is 4.54. The van der Waals surface area contributed by atoms with Gasteiger partial charge in [0.25, 0.3) is 0 Å². The zero-order valence-corrected chi connectivity index (χ0v) is 13.1. The van der Waals surface area contributed by atoms with Gasteiger partial charge in [0.05, 0.1) is 0 Å². The van der Waals surface area contributed by atoms with Crippen LogP contribution >= 0.6 is 27.5 Å². The predicted molar refractivity (Wildman–Crippen MR) is 81.2 cm³/mol. The van der Waals surface area contributed by atoms with Crippen molar-refractivity contribution in [1.82, 2.24) is 0 Å². The van der Waals surface area contributed by atoms with E-state index in [1.54, 1.807) is 0 Å². The van der Waals surface area contributed by atoms with Gasteiger partial charge < -0.3 is 0 Å². The van der Waals surface area contributed by atoms with Crippen molar-refractivity contribution in [1.29, 1.82) is 0 Å². The Morgan fingerprint density at radius 3 is 2.06 bits per heavy atom. The molecule has 1 atom stereocenters. The first kappa shape index (κ1) is 15.0. The summed E-state index contributed by atoms with van der Waals surface area (Å²) >= 11 is 9.77. The number of rotatable bonds is 7. The molecule has 1 rings (SSSR count). The first-order valence-corrected chi connectivity index (χ1v) is 7.85. The molecule has 0 aliphatic heterocycles. The zero-order valence-electron chi connectivity index (χ0n) is 10.8. The lowest BCUT2D eigenvalue weighted by Crippen LogP contribution is -2.17. The first-order valence-electron chi connectivity index (χ1n) is 6.55. The smallest absolute Gasteiger partial charge is 0.0406 e. The van der Waals surface area contributed by atoms with E-state index in [0.29, 0.717) is 4.83 Å². The van der Waals surface area contributed by atoms with E-state index >= 15 is 0 Å². The summed E-state index contributed by atoms with van der Waals surface area (Å²) in [6.07, 6.45) is 6.28. The van der Waals surface area contributed by atoms with Crippen molar-refractivity contribution in [2.45, 2.75) is 50.8 Å². The van der Waals surface area contributed by atoms with Gasteiger partial charge in [-0.2, -0.15) is 0 Å². The molecular weight excluding hydrogens is 296 g/mol. The fourth-order valence-corrected chi connectivity index (χ4v) is 3.29. The van der Waals surface area contributed by atoms with Crippen LogP contribution < -0.4 is 0 Å². The van der Waals surface area contributed by atoms with E-state index in [0.717, 1.165) is 17.4 Å². The average molecular weight is 318 g/mol. The Balaban J connectivity index is 2.55. The van der Waals surface area contributed by atoms with Crippen molar-refractivity contribution in [3.63, 3.8) is 0 Å². The third-order valence-corrected chi connectivity index (χ3v) is 4.50. The van der Waals surface area contributed by atoms with E-state index in [9.17, 15) is 0 Å². The molecule has 0 heterocycles. The molecule has 0 aromatic heterocycles. The fourth-order valence-electron chi connectivity index (χ4n) is 2.26. The van der Waals surface area contributed by atoms with Crippen LogP contribution in [0.2, 0.25) is 5.02 Å². The Hall–Kier alpha value is -0.0100. The van der Waals surface area contributed by atoms with E-state index in [1.807, 2.05) is 12.1 Å². The van der Waals surface area contributed by atoms with Crippen LogP contribution in [0.3, 0.4) is 0 Å². The SMILES string of the molecule is CCCC(CCC)C(Br)Cc1ccc(Cl)cc1. The number of alkyl halides is 1. The minimum absolute atomic E-state index is 0.587. The van der Waals surface area contributed by atoms with Gasteiger partial charge in [-0.1, -0.05) is 66.4 Å². The Morgan fingerprint density at radius 1 is 1.06 bits per heavy atom. The largest absolute Gasteiger partial charge is 0.0884 e. The maximum Gasteiger partial charge on any atom is 0.0406 e. The van der Waals surface area contributed by atoms with Gasteiger partial charge in [-0.05, 0) is 42.9 Å². The Morgan fingerprint density at radius 2 is 1.59 bits per heavy atom. The first-order chi connectivity index (χ1) is 8.17. The lowest BCUT2D eigenvalue weighted by Gasteiger charge is -2.21.